The van der Waals surface area contributed by atoms with Crippen molar-refractivity contribution in [3.05, 3.63) is 28.2 Å². The number of amides is 2. The summed E-state index contributed by atoms with van der Waals surface area (Å²) in [5.41, 5.74) is 2.16. The minimum Gasteiger partial charge on any atom is -0.497 e. The number of aromatic nitrogens is 2. The molecule has 7 heteroatoms. The van der Waals surface area contributed by atoms with Crippen LogP contribution in [0.2, 0.25) is 0 Å². The molecule has 128 valence electrons. The summed E-state index contributed by atoms with van der Waals surface area (Å²) in [4.78, 5) is 36.5. The Morgan fingerprint density at radius 3 is 2.54 bits per heavy atom. The highest BCUT2D eigenvalue weighted by Gasteiger charge is 2.32. The van der Waals surface area contributed by atoms with Gasteiger partial charge in [0.15, 0.2) is 0 Å². The van der Waals surface area contributed by atoms with Crippen molar-refractivity contribution in [3.63, 3.8) is 0 Å². The minimum atomic E-state index is -0.689. The van der Waals surface area contributed by atoms with E-state index in [0.29, 0.717) is 17.7 Å². The van der Waals surface area contributed by atoms with Gasteiger partial charge in [-0.25, -0.2) is 4.79 Å². The Bertz CT molecular complexity index is 891. The number of ether oxygens (including phenoxy) is 1. The fourth-order valence-corrected chi connectivity index (χ4v) is 3.31. The molecule has 1 aromatic carbocycles. The fraction of sp³-hybridized carbons (Fsp3) is 0.471. The van der Waals surface area contributed by atoms with Crippen LogP contribution >= 0.6 is 0 Å². The molecule has 1 aliphatic rings. The molecule has 1 aliphatic heterocycles. The predicted octanol–water partition coefficient (Wildman–Crippen LogP) is 1.45. The number of imide groups is 1. The van der Waals surface area contributed by atoms with E-state index >= 15 is 0 Å². The van der Waals surface area contributed by atoms with E-state index in [-0.39, 0.29) is 23.9 Å². The van der Waals surface area contributed by atoms with Crippen LogP contribution in [0.3, 0.4) is 0 Å². The van der Waals surface area contributed by atoms with Gasteiger partial charge in [-0.2, -0.15) is 0 Å². The largest absolute Gasteiger partial charge is 0.497 e. The standard InChI is InChI=1S/C17H21N3O4/c1-9(2)11-7-10(24-4)8-13-15(11)19(3)17(23)20(13)12-5-6-14(21)18-16(12)22/h7-9,12H,5-6H2,1-4H3,(H,18,21,22). The zero-order valence-electron chi connectivity index (χ0n) is 14.3. The molecule has 2 aromatic rings. The van der Waals surface area contributed by atoms with Crippen LogP contribution in [-0.2, 0) is 16.6 Å². The lowest BCUT2D eigenvalue weighted by Gasteiger charge is -2.22. The van der Waals surface area contributed by atoms with E-state index in [2.05, 4.69) is 5.32 Å². The summed E-state index contributed by atoms with van der Waals surface area (Å²) >= 11 is 0. The van der Waals surface area contributed by atoms with Crippen molar-refractivity contribution in [2.24, 2.45) is 7.05 Å². The Morgan fingerprint density at radius 1 is 1.25 bits per heavy atom. The Hall–Kier alpha value is -2.57. The molecule has 0 radical (unpaired) electrons. The van der Waals surface area contributed by atoms with E-state index in [0.717, 1.165) is 11.1 Å². The van der Waals surface area contributed by atoms with Crippen LogP contribution in [0, 0.1) is 0 Å². The first-order chi connectivity index (χ1) is 11.3. The first kappa shape index (κ1) is 16.3. The number of methoxy groups -OCH3 is 1. The van der Waals surface area contributed by atoms with E-state index in [9.17, 15) is 14.4 Å². The fourth-order valence-electron chi connectivity index (χ4n) is 3.31. The number of piperidine rings is 1. The number of nitrogens with zero attached hydrogens (tertiary/aromatic N) is 2. The third kappa shape index (κ3) is 2.40. The van der Waals surface area contributed by atoms with E-state index in [1.54, 1.807) is 24.8 Å². The SMILES string of the molecule is COc1cc(C(C)C)c2c(c1)n(C1CCC(=O)NC1=O)c(=O)n2C. The summed E-state index contributed by atoms with van der Waals surface area (Å²) in [6, 6.07) is 3.00. The van der Waals surface area contributed by atoms with Crippen LogP contribution in [0.5, 0.6) is 5.75 Å². The summed E-state index contributed by atoms with van der Waals surface area (Å²) in [6.07, 6.45) is 0.540. The highest BCUT2D eigenvalue weighted by molar-refractivity contribution is 6.00. The summed E-state index contributed by atoms with van der Waals surface area (Å²) in [6.45, 7) is 4.09. The third-order valence-corrected chi connectivity index (χ3v) is 4.56. The predicted molar refractivity (Wildman–Crippen MR) is 89.2 cm³/mol. The zero-order valence-corrected chi connectivity index (χ0v) is 14.3. The average Bonchev–Trinajstić information content (AvgIpc) is 2.78. The number of hydrogen-bond donors (Lipinski definition) is 1. The maximum Gasteiger partial charge on any atom is 0.329 e. The number of carbonyl (C=O) groups excluding carboxylic acids is 2. The normalized spacial score (nSPS) is 18.3. The minimum absolute atomic E-state index is 0.186. The average molecular weight is 331 g/mol. The quantitative estimate of drug-likeness (QED) is 0.863. The molecule has 1 saturated heterocycles. The highest BCUT2D eigenvalue weighted by atomic mass is 16.5. The van der Waals surface area contributed by atoms with Crippen molar-refractivity contribution < 1.29 is 14.3 Å². The van der Waals surface area contributed by atoms with Crippen LogP contribution in [0.25, 0.3) is 11.0 Å². The van der Waals surface area contributed by atoms with E-state index in [4.69, 9.17) is 4.74 Å². The Labute approximate surface area is 139 Å². The number of aryl methyl sites for hydroxylation is 1. The van der Waals surface area contributed by atoms with Gasteiger partial charge in [-0.15, -0.1) is 0 Å². The Morgan fingerprint density at radius 2 is 1.96 bits per heavy atom. The lowest BCUT2D eigenvalue weighted by Crippen LogP contribution is -2.44. The molecule has 2 amide bonds. The maximum atomic E-state index is 12.8. The van der Waals surface area contributed by atoms with Crippen molar-refractivity contribution in [2.75, 3.05) is 7.11 Å². The smallest absolute Gasteiger partial charge is 0.329 e. The molecule has 3 rings (SSSR count). The number of rotatable bonds is 3. The maximum absolute atomic E-state index is 12.8. The van der Waals surface area contributed by atoms with Gasteiger partial charge >= 0.3 is 5.69 Å². The molecule has 1 aromatic heterocycles. The molecule has 1 N–H and O–H groups in total. The first-order valence-electron chi connectivity index (χ1n) is 7.97. The molecule has 7 nitrogen and oxygen atoms in total. The van der Waals surface area contributed by atoms with Gasteiger partial charge in [-0.05, 0) is 24.0 Å². The van der Waals surface area contributed by atoms with Crippen molar-refractivity contribution >= 4 is 22.8 Å². The lowest BCUT2D eigenvalue weighted by molar-refractivity contribution is -0.135. The number of hydrogen-bond acceptors (Lipinski definition) is 4. The molecule has 0 aliphatic carbocycles. The second-order valence-corrected chi connectivity index (χ2v) is 6.42. The van der Waals surface area contributed by atoms with Gasteiger partial charge in [-0.3, -0.25) is 24.0 Å². The molecular weight excluding hydrogens is 310 g/mol. The van der Waals surface area contributed by atoms with E-state index in [1.165, 1.54) is 4.57 Å². The molecule has 1 atom stereocenters. The zero-order chi connectivity index (χ0) is 17.6. The molecule has 0 saturated carbocycles. The van der Waals surface area contributed by atoms with Gasteiger partial charge in [0, 0.05) is 19.5 Å². The third-order valence-electron chi connectivity index (χ3n) is 4.56. The van der Waals surface area contributed by atoms with Gasteiger partial charge in [0.05, 0.1) is 18.1 Å². The summed E-state index contributed by atoms with van der Waals surface area (Å²) < 4.78 is 8.41. The summed E-state index contributed by atoms with van der Waals surface area (Å²) in [7, 11) is 3.27. The van der Waals surface area contributed by atoms with Gasteiger partial charge in [-0.1, -0.05) is 13.8 Å². The molecule has 2 heterocycles. The Kier molecular flexibility index (Phi) is 3.95. The molecule has 24 heavy (non-hydrogen) atoms. The monoisotopic (exact) mass is 331 g/mol. The Balaban J connectivity index is 2.31. The van der Waals surface area contributed by atoms with E-state index in [1.807, 2.05) is 19.9 Å². The lowest BCUT2D eigenvalue weighted by atomic mass is 10.0. The first-order valence-corrected chi connectivity index (χ1v) is 7.97. The number of fused-ring (bicyclic) bond motifs is 1. The van der Waals surface area contributed by atoms with Gasteiger partial charge < -0.3 is 4.74 Å². The van der Waals surface area contributed by atoms with Crippen LogP contribution in [-0.4, -0.2) is 28.1 Å². The molecular formula is C17H21N3O4. The summed E-state index contributed by atoms with van der Waals surface area (Å²) in [5.74, 6) is 0.0865. The number of nitrogens with one attached hydrogen (secondary N) is 1. The van der Waals surface area contributed by atoms with Gasteiger partial charge in [0.2, 0.25) is 11.8 Å². The van der Waals surface area contributed by atoms with Crippen molar-refractivity contribution in [2.45, 2.75) is 38.6 Å². The highest BCUT2D eigenvalue weighted by Crippen LogP contribution is 2.32. The molecule has 0 spiro atoms. The van der Waals surface area contributed by atoms with Crippen LogP contribution in [0.1, 0.15) is 44.2 Å². The van der Waals surface area contributed by atoms with Crippen LogP contribution in [0.4, 0.5) is 0 Å². The van der Waals surface area contributed by atoms with Crippen LogP contribution in [0.15, 0.2) is 16.9 Å². The second kappa shape index (κ2) is 5.81. The van der Waals surface area contributed by atoms with E-state index < -0.39 is 11.9 Å². The molecule has 0 bridgehead atoms. The molecule has 1 unspecified atom stereocenters. The van der Waals surface area contributed by atoms with Crippen molar-refractivity contribution in [3.8, 4) is 5.75 Å². The number of benzene rings is 1. The van der Waals surface area contributed by atoms with Crippen LogP contribution < -0.4 is 15.7 Å². The topological polar surface area (TPSA) is 82.3 Å². The molecule has 1 fully saturated rings. The van der Waals surface area contributed by atoms with Crippen molar-refractivity contribution in [1.82, 2.24) is 14.5 Å². The van der Waals surface area contributed by atoms with Gasteiger partial charge in [0.1, 0.15) is 11.8 Å². The second-order valence-electron chi connectivity index (χ2n) is 6.42. The van der Waals surface area contributed by atoms with Crippen molar-refractivity contribution in [1.29, 1.82) is 0 Å². The number of imidazole rings is 1. The van der Waals surface area contributed by atoms with Gasteiger partial charge in [0.25, 0.3) is 0 Å². The summed E-state index contributed by atoms with van der Waals surface area (Å²) in [5, 5.41) is 2.32. The number of carbonyl (C=O) groups is 2.